The third-order valence-electron chi connectivity index (χ3n) is 29.5. The van der Waals surface area contributed by atoms with E-state index in [1.807, 2.05) is 0 Å². The molecule has 0 amide bonds. The number of fused-ring (bicyclic) bond motifs is 8. The minimum absolute atomic E-state index is 0.359. The Kier molecular flexibility index (Phi) is 20.6. The first-order chi connectivity index (χ1) is 65.8. The van der Waals surface area contributed by atoms with Gasteiger partial charge in [-0.1, -0.05) is 285 Å². The van der Waals surface area contributed by atoms with Gasteiger partial charge in [-0.25, -0.2) is 0 Å². The second kappa shape index (κ2) is 33.2. The summed E-state index contributed by atoms with van der Waals surface area (Å²) < 4.78 is 8.46. The highest BCUT2D eigenvalue weighted by atomic mass is 16.5. The van der Waals surface area contributed by atoms with Gasteiger partial charge in [0, 0.05) is 80.1 Å². The summed E-state index contributed by atoms with van der Waals surface area (Å²) >= 11 is 0. The van der Waals surface area contributed by atoms with Gasteiger partial charge in [-0.05, 0) is 375 Å². The molecule has 0 radical (unpaired) electrons. The number of anilines is 12. The Hall–Kier alpha value is -15.7. The summed E-state index contributed by atoms with van der Waals surface area (Å²) in [5.41, 5.74) is 58.3. The van der Waals surface area contributed by atoms with Crippen LogP contribution in [0.15, 0.2) is 376 Å². The Morgan fingerprint density at radius 1 is 0.193 bits per heavy atom. The van der Waals surface area contributed by atoms with Gasteiger partial charge in [0.2, 0.25) is 0 Å². The molecule has 4 heterocycles. The summed E-state index contributed by atoms with van der Waals surface area (Å²) in [4.78, 5) is 10.3. The van der Waals surface area contributed by atoms with E-state index in [4.69, 9.17) is 4.74 Å². The second-order valence-electron chi connectivity index (χ2n) is 38.1. The summed E-state index contributed by atoms with van der Waals surface area (Å²) in [5.74, 6) is 1.57. The molecule has 19 aromatic carbocycles. The number of para-hydroxylation sites is 1. The van der Waals surface area contributed by atoms with Crippen molar-refractivity contribution in [2.24, 2.45) is 0 Å². The summed E-state index contributed by atoms with van der Waals surface area (Å²) in [7, 11) is 0. The van der Waals surface area contributed by atoms with Crippen LogP contribution in [0.2, 0.25) is 0 Å². The number of ether oxygens (including phenoxy) is 1. The Bertz CT molecular complexity index is 7760. The molecule has 0 aromatic heterocycles. The molecule has 0 bridgehead atoms. The fraction of sp³-hybridized carbons (Fsp3) is 0.109. The van der Waals surface area contributed by atoms with E-state index < -0.39 is 6.71 Å². The molecule has 0 atom stereocenters. The third kappa shape index (κ3) is 14.0. The summed E-state index contributed by atoms with van der Waals surface area (Å²) in [6.07, 6.45) is 0. The third-order valence-corrected chi connectivity index (χ3v) is 29.5. The van der Waals surface area contributed by atoms with Crippen LogP contribution in [-0.2, 0) is 0 Å². The van der Waals surface area contributed by atoms with Crippen LogP contribution >= 0.6 is 0 Å². The van der Waals surface area contributed by atoms with E-state index in [9.17, 15) is 0 Å². The number of hydrogen-bond acceptors (Lipinski definition) is 5. The molecule has 4 aliphatic rings. The van der Waals surface area contributed by atoms with Crippen LogP contribution in [0.4, 0.5) is 68.2 Å². The number of nitrogens with zero attached hydrogens (tertiary/aromatic N) is 4. The molecule has 0 aliphatic carbocycles. The van der Waals surface area contributed by atoms with E-state index in [0.717, 1.165) is 118 Å². The van der Waals surface area contributed by atoms with Crippen molar-refractivity contribution in [2.45, 2.75) is 96.9 Å². The zero-order valence-electron chi connectivity index (χ0n) is 79.1. The lowest BCUT2D eigenvalue weighted by Gasteiger charge is -2.46. The molecular formula is C128H104B2N4O. The van der Waals surface area contributed by atoms with Crippen molar-refractivity contribution in [3.05, 3.63) is 454 Å². The van der Waals surface area contributed by atoms with Gasteiger partial charge >= 0.3 is 0 Å². The molecule has 135 heavy (non-hydrogen) atoms. The smallest absolute Gasteiger partial charge is 0.256 e. The summed E-state index contributed by atoms with van der Waals surface area (Å²) in [5, 5.41) is 0. The van der Waals surface area contributed by atoms with Crippen LogP contribution in [0.5, 0.6) is 11.5 Å². The van der Waals surface area contributed by atoms with Crippen molar-refractivity contribution in [1.82, 2.24) is 0 Å². The predicted octanol–water partition coefficient (Wildman–Crippen LogP) is 31.0. The monoisotopic (exact) mass is 1730 g/mol. The molecule has 7 heteroatoms. The van der Waals surface area contributed by atoms with Crippen LogP contribution in [0.3, 0.4) is 0 Å². The lowest BCUT2D eigenvalue weighted by atomic mass is 9.30. The Morgan fingerprint density at radius 3 is 0.867 bits per heavy atom. The van der Waals surface area contributed by atoms with E-state index in [1.165, 1.54) is 172 Å². The maximum absolute atomic E-state index is 8.46. The van der Waals surface area contributed by atoms with Crippen LogP contribution < -0.4 is 57.1 Å². The normalized spacial score (nSPS) is 12.5. The first kappa shape index (κ1) is 83.6. The van der Waals surface area contributed by atoms with Gasteiger partial charge in [0.15, 0.2) is 0 Å². The van der Waals surface area contributed by atoms with Gasteiger partial charge in [0.05, 0.1) is 11.4 Å². The molecular weight excluding hydrogens is 1630 g/mol. The maximum atomic E-state index is 8.46. The summed E-state index contributed by atoms with van der Waals surface area (Å²) in [6.45, 7) is 30.8. The van der Waals surface area contributed by atoms with Crippen LogP contribution in [0.1, 0.15) is 77.9 Å². The first-order valence-corrected chi connectivity index (χ1v) is 47.6. The molecule has 4 aliphatic heterocycles. The fourth-order valence-corrected chi connectivity index (χ4v) is 23.5. The number of rotatable bonds is 15. The number of aryl methyl sites for hydroxylation is 14. The molecule has 0 saturated heterocycles. The molecule has 648 valence electrons. The molecule has 19 aromatic rings. The van der Waals surface area contributed by atoms with Gasteiger partial charge in [0.25, 0.3) is 13.4 Å². The van der Waals surface area contributed by atoms with E-state index in [1.54, 1.807) is 0 Å². The number of benzene rings is 19. The Morgan fingerprint density at radius 2 is 0.496 bits per heavy atom. The van der Waals surface area contributed by atoms with E-state index >= 15 is 0 Å². The van der Waals surface area contributed by atoms with Crippen molar-refractivity contribution in [3.8, 4) is 112 Å². The van der Waals surface area contributed by atoms with Crippen molar-refractivity contribution >= 4 is 114 Å². The molecule has 0 saturated carbocycles. The quantitative estimate of drug-likeness (QED) is 0.0952. The van der Waals surface area contributed by atoms with Gasteiger partial charge in [-0.2, -0.15) is 0 Å². The molecule has 0 fully saturated rings. The highest BCUT2D eigenvalue weighted by Crippen LogP contribution is 2.55. The lowest BCUT2D eigenvalue weighted by Crippen LogP contribution is -2.64. The minimum atomic E-state index is -0.391. The van der Waals surface area contributed by atoms with Crippen molar-refractivity contribution in [1.29, 1.82) is 0 Å². The minimum Gasteiger partial charge on any atom is -0.458 e. The average molecular weight is 1740 g/mol. The van der Waals surface area contributed by atoms with Gasteiger partial charge in [-0.15, -0.1) is 0 Å². The summed E-state index contributed by atoms with van der Waals surface area (Å²) in [6, 6.07) is 143. The number of hydrogen-bond donors (Lipinski definition) is 0. The Balaban J connectivity index is 0.848. The standard InChI is InChI=1S/C128H104B2N4O/c1-77-29-21-30-78(2)119(77)93-49-59-100(60-50-93)131(101-61-51-94(52-62-101)120-79(3)31-22-32-80(120)4)104-73-116-127-118(74-104)135-117-76-113-109(75-110(117)130(127)108-70-98(124-87(11)39-26-40-88(124)12)58-68-112(108)133(116)103-65-55-96(56-66-103)122-83(7)35-24-36-84(122)8)129-107-69-97(123-85(9)37-25-38-86(123)10)57-67-111(107)132(102-63-53-95(54-64-102)121-81(5)33-23-34-82(121)6)114-71-99(125-89(13)41-27-42-90(125)14)72-115(126(114)129)134(113)128-105(91-43-17-15-18-44-91)47-28-48-106(128)92-45-19-16-20-46-92/h15-76H,1-14H3. The van der Waals surface area contributed by atoms with Crippen molar-refractivity contribution < 1.29 is 4.74 Å². The largest absolute Gasteiger partial charge is 0.458 e. The maximum Gasteiger partial charge on any atom is 0.256 e. The SMILES string of the molecule is Cc1cccc(C)c1-c1ccc(N(c2ccc(-c3c(C)cccc3C)cc2)c2cc3c4c(c2)N(c2ccc(-c5c(C)cccc5C)cc2)c2ccc(-c5c(C)cccc5C)cc2B4c2cc4c(cc2O3)N(c2c(-c3ccccc3)cccc2-c2ccccc2)c2cc(-c3c(C)cccc3C)cc3c2B4c2cc(-c4c(C)cccc4C)ccc2N3c2ccc(-c3c(C)cccc3C)cc2)cc1. The second-order valence-corrected chi connectivity index (χ2v) is 38.1. The molecule has 23 rings (SSSR count). The van der Waals surface area contributed by atoms with Crippen molar-refractivity contribution in [2.75, 3.05) is 19.6 Å². The van der Waals surface area contributed by atoms with Crippen LogP contribution in [0.25, 0.3) is 100 Å². The van der Waals surface area contributed by atoms with Gasteiger partial charge in [-0.3, -0.25) is 0 Å². The zero-order valence-corrected chi connectivity index (χ0v) is 79.1. The highest BCUT2D eigenvalue weighted by molar-refractivity contribution is 7.02. The van der Waals surface area contributed by atoms with Crippen LogP contribution in [0, 0.1) is 96.9 Å². The highest BCUT2D eigenvalue weighted by Gasteiger charge is 2.49. The van der Waals surface area contributed by atoms with E-state index in [2.05, 4.69) is 493 Å². The van der Waals surface area contributed by atoms with E-state index in [-0.39, 0.29) is 6.71 Å². The zero-order chi connectivity index (χ0) is 92.0. The average Bonchev–Trinajstić information content (AvgIpc) is 0.681. The van der Waals surface area contributed by atoms with E-state index in [0.29, 0.717) is 0 Å². The topological polar surface area (TPSA) is 22.2 Å². The lowest BCUT2D eigenvalue weighted by molar-refractivity contribution is 0.488. The molecule has 0 unspecified atom stereocenters. The molecule has 0 spiro atoms. The molecule has 5 nitrogen and oxygen atoms in total. The van der Waals surface area contributed by atoms with Gasteiger partial charge < -0.3 is 24.3 Å². The van der Waals surface area contributed by atoms with Crippen molar-refractivity contribution in [3.63, 3.8) is 0 Å². The molecule has 0 N–H and O–H groups in total. The van der Waals surface area contributed by atoms with Crippen LogP contribution in [-0.4, -0.2) is 13.4 Å². The fourth-order valence-electron chi connectivity index (χ4n) is 23.5. The predicted molar refractivity (Wildman–Crippen MR) is 576 cm³/mol. The first-order valence-electron chi connectivity index (χ1n) is 47.6. The van der Waals surface area contributed by atoms with Gasteiger partial charge in [0.1, 0.15) is 11.5 Å². The Labute approximate surface area is 795 Å².